The van der Waals surface area contributed by atoms with Gasteiger partial charge in [0.1, 0.15) is 10.7 Å². The third kappa shape index (κ3) is 2.98. The summed E-state index contributed by atoms with van der Waals surface area (Å²) in [5, 5.41) is 0.786. The molecule has 0 fully saturated rings. The van der Waals surface area contributed by atoms with Gasteiger partial charge in [-0.3, -0.25) is 4.79 Å². The van der Waals surface area contributed by atoms with Crippen LogP contribution in [0.1, 0.15) is 36.6 Å². The van der Waals surface area contributed by atoms with Crippen LogP contribution in [0.15, 0.2) is 23.0 Å². The van der Waals surface area contributed by atoms with Crippen molar-refractivity contribution in [1.82, 2.24) is 9.97 Å². The third-order valence-electron chi connectivity index (χ3n) is 4.81. The van der Waals surface area contributed by atoms with Crippen LogP contribution in [-0.2, 0) is 12.8 Å². The summed E-state index contributed by atoms with van der Waals surface area (Å²) in [6.07, 6.45) is 5.62. The van der Waals surface area contributed by atoms with E-state index in [4.69, 9.17) is 14.5 Å². The lowest BCUT2D eigenvalue weighted by atomic mass is 10.1. The van der Waals surface area contributed by atoms with Gasteiger partial charge >= 0.3 is 0 Å². The molecule has 0 aliphatic heterocycles. The van der Waals surface area contributed by atoms with E-state index in [0.29, 0.717) is 23.9 Å². The van der Waals surface area contributed by atoms with Gasteiger partial charge in [0.05, 0.1) is 19.1 Å². The Morgan fingerprint density at radius 3 is 2.85 bits per heavy atom. The number of H-pyrrole nitrogens is 1. The first kappa shape index (κ1) is 17.1. The minimum atomic E-state index is -0.0434. The molecule has 26 heavy (non-hydrogen) atoms. The zero-order valence-corrected chi connectivity index (χ0v) is 15.9. The number of nitrogens with one attached hydrogen (secondary N) is 1. The van der Waals surface area contributed by atoms with Crippen molar-refractivity contribution in [2.75, 3.05) is 13.7 Å². The first-order chi connectivity index (χ1) is 12.7. The van der Waals surface area contributed by atoms with E-state index in [2.05, 4.69) is 4.98 Å². The molecule has 0 saturated heterocycles. The fourth-order valence-electron chi connectivity index (χ4n) is 3.57. The molecule has 2 aromatic heterocycles. The van der Waals surface area contributed by atoms with Gasteiger partial charge in [-0.2, -0.15) is 0 Å². The van der Waals surface area contributed by atoms with Crippen LogP contribution in [-0.4, -0.2) is 23.7 Å². The molecule has 136 valence electrons. The summed E-state index contributed by atoms with van der Waals surface area (Å²) in [6.45, 7) is 2.47. The molecule has 0 amide bonds. The number of hydrogen-bond donors (Lipinski definition) is 1. The summed E-state index contributed by atoms with van der Waals surface area (Å²) >= 11 is 1.67. The third-order valence-corrected chi connectivity index (χ3v) is 6.00. The van der Waals surface area contributed by atoms with Crippen LogP contribution < -0.4 is 15.0 Å². The van der Waals surface area contributed by atoms with Crippen molar-refractivity contribution in [2.24, 2.45) is 0 Å². The molecule has 0 spiro atoms. The summed E-state index contributed by atoms with van der Waals surface area (Å²) in [6, 6.07) is 5.60. The smallest absolute Gasteiger partial charge is 0.260 e. The van der Waals surface area contributed by atoms with Crippen molar-refractivity contribution in [3.05, 3.63) is 39.0 Å². The lowest BCUT2D eigenvalue weighted by molar-refractivity contribution is 0.311. The minimum Gasteiger partial charge on any atom is -0.493 e. The Morgan fingerprint density at radius 1 is 1.19 bits per heavy atom. The van der Waals surface area contributed by atoms with Crippen LogP contribution in [0.3, 0.4) is 0 Å². The Labute approximate surface area is 156 Å². The predicted molar refractivity (Wildman–Crippen MR) is 105 cm³/mol. The number of benzene rings is 1. The Balaban J connectivity index is 1.83. The molecule has 0 bridgehead atoms. The van der Waals surface area contributed by atoms with Crippen molar-refractivity contribution in [3.8, 4) is 22.9 Å². The Morgan fingerprint density at radius 2 is 2.04 bits per heavy atom. The van der Waals surface area contributed by atoms with Gasteiger partial charge in [0.2, 0.25) is 0 Å². The Bertz CT molecular complexity index is 1010. The average Bonchev–Trinajstić information content (AvgIpc) is 2.84. The molecule has 0 atom stereocenters. The quantitative estimate of drug-likeness (QED) is 0.695. The molecular weight excluding hydrogens is 348 g/mol. The summed E-state index contributed by atoms with van der Waals surface area (Å²) in [5.74, 6) is 1.89. The van der Waals surface area contributed by atoms with E-state index in [9.17, 15) is 4.79 Å². The average molecular weight is 370 g/mol. The molecule has 0 radical (unpaired) electrons. The van der Waals surface area contributed by atoms with E-state index in [-0.39, 0.29) is 5.56 Å². The van der Waals surface area contributed by atoms with Gasteiger partial charge in [-0.1, -0.05) is 6.42 Å². The zero-order chi connectivity index (χ0) is 18.1. The van der Waals surface area contributed by atoms with E-state index in [1.807, 2.05) is 25.1 Å². The van der Waals surface area contributed by atoms with Crippen molar-refractivity contribution < 1.29 is 9.47 Å². The Hall–Kier alpha value is -2.34. The van der Waals surface area contributed by atoms with Gasteiger partial charge in [-0.25, -0.2) is 4.98 Å². The fourth-order valence-corrected chi connectivity index (χ4v) is 4.83. The molecule has 1 aliphatic rings. The highest BCUT2D eigenvalue weighted by Crippen LogP contribution is 2.35. The van der Waals surface area contributed by atoms with Crippen LogP contribution in [0, 0.1) is 0 Å². The summed E-state index contributed by atoms with van der Waals surface area (Å²) in [7, 11) is 1.61. The van der Waals surface area contributed by atoms with E-state index in [0.717, 1.165) is 35.0 Å². The Kier molecular flexibility index (Phi) is 4.68. The van der Waals surface area contributed by atoms with E-state index in [1.54, 1.807) is 18.4 Å². The molecule has 6 heteroatoms. The highest BCUT2D eigenvalue weighted by Gasteiger charge is 2.19. The normalized spacial score (nSPS) is 14.1. The number of thiophene rings is 1. The minimum absolute atomic E-state index is 0.0434. The standard InChI is InChI=1S/C20H22N2O3S/c1-3-25-15-11-12(9-10-14(15)24-2)18-21-19(23)17-13-7-5-4-6-8-16(13)26-20(17)22-18/h9-11H,3-8H2,1-2H3,(H,21,22,23). The molecule has 1 N–H and O–H groups in total. The van der Waals surface area contributed by atoms with Gasteiger partial charge in [0.15, 0.2) is 11.5 Å². The van der Waals surface area contributed by atoms with Gasteiger partial charge in [0.25, 0.3) is 5.56 Å². The summed E-state index contributed by atoms with van der Waals surface area (Å²) in [4.78, 5) is 22.7. The lowest BCUT2D eigenvalue weighted by Gasteiger charge is -2.10. The van der Waals surface area contributed by atoms with Crippen molar-refractivity contribution in [2.45, 2.75) is 39.0 Å². The first-order valence-electron chi connectivity index (χ1n) is 9.07. The fraction of sp³-hybridized carbons (Fsp3) is 0.400. The maximum atomic E-state index is 12.8. The summed E-state index contributed by atoms with van der Waals surface area (Å²) < 4.78 is 11.0. The van der Waals surface area contributed by atoms with Gasteiger partial charge in [0, 0.05) is 10.4 Å². The topological polar surface area (TPSA) is 64.2 Å². The molecule has 1 aromatic carbocycles. The zero-order valence-electron chi connectivity index (χ0n) is 15.1. The van der Waals surface area contributed by atoms with Crippen molar-refractivity contribution in [3.63, 3.8) is 0 Å². The molecule has 3 aromatic rings. The molecular formula is C20H22N2O3S. The maximum Gasteiger partial charge on any atom is 0.260 e. The number of nitrogens with zero attached hydrogens (tertiary/aromatic N) is 1. The van der Waals surface area contributed by atoms with Crippen LogP contribution >= 0.6 is 11.3 Å². The molecule has 0 unspecified atom stereocenters. The number of aromatic amines is 1. The number of hydrogen-bond acceptors (Lipinski definition) is 5. The van der Waals surface area contributed by atoms with Gasteiger partial charge < -0.3 is 14.5 Å². The number of aromatic nitrogens is 2. The SMILES string of the molecule is CCOc1cc(-c2nc3sc4c(c3c(=O)[nH]2)CCCCC4)ccc1OC. The number of fused-ring (bicyclic) bond motifs is 3. The largest absolute Gasteiger partial charge is 0.493 e. The highest BCUT2D eigenvalue weighted by atomic mass is 32.1. The van der Waals surface area contributed by atoms with Crippen LogP contribution in [0.4, 0.5) is 0 Å². The lowest BCUT2D eigenvalue weighted by Crippen LogP contribution is -2.10. The number of aryl methyl sites for hydroxylation is 2. The molecule has 0 saturated carbocycles. The number of ether oxygens (including phenoxy) is 2. The second kappa shape index (κ2) is 7.11. The van der Waals surface area contributed by atoms with Crippen LogP contribution in [0.5, 0.6) is 11.5 Å². The molecule has 5 nitrogen and oxygen atoms in total. The second-order valence-electron chi connectivity index (χ2n) is 6.46. The van der Waals surface area contributed by atoms with Crippen LogP contribution in [0.2, 0.25) is 0 Å². The van der Waals surface area contributed by atoms with Gasteiger partial charge in [-0.15, -0.1) is 11.3 Å². The van der Waals surface area contributed by atoms with E-state index >= 15 is 0 Å². The monoisotopic (exact) mass is 370 g/mol. The number of rotatable bonds is 4. The highest BCUT2D eigenvalue weighted by molar-refractivity contribution is 7.18. The summed E-state index contributed by atoms with van der Waals surface area (Å²) in [5.41, 5.74) is 1.99. The van der Waals surface area contributed by atoms with Crippen molar-refractivity contribution >= 4 is 21.6 Å². The molecule has 2 heterocycles. The number of methoxy groups -OCH3 is 1. The molecule has 1 aliphatic carbocycles. The van der Waals surface area contributed by atoms with Crippen molar-refractivity contribution in [1.29, 1.82) is 0 Å². The van der Waals surface area contributed by atoms with E-state index in [1.165, 1.54) is 23.3 Å². The second-order valence-corrected chi connectivity index (χ2v) is 7.54. The predicted octanol–water partition coefficient (Wildman–Crippen LogP) is 4.33. The maximum absolute atomic E-state index is 12.8. The van der Waals surface area contributed by atoms with E-state index < -0.39 is 0 Å². The molecule has 4 rings (SSSR count). The van der Waals surface area contributed by atoms with Crippen LogP contribution in [0.25, 0.3) is 21.6 Å². The van der Waals surface area contributed by atoms with Gasteiger partial charge in [-0.05, 0) is 56.4 Å². The first-order valence-corrected chi connectivity index (χ1v) is 9.88.